The highest BCUT2D eigenvalue weighted by atomic mass is 16.5. The van der Waals surface area contributed by atoms with Gasteiger partial charge in [0.05, 0.1) is 6.20 Å². The molecule has 0 aliphatic carbocycles. The summed E-state index contributed by atoms with van der Waals surface area (Å²) in [4.78, 5) is 13.2. The van der Waals surface area contributed by atoms with Gasteiger partial charge in [0, 0.05) is 45.1 Å². The molecule has 2 aromatic rings. The molecule has 0 saturated carbocycles. The number of nitrogens with zero attached hydrogens (tertiary/aromatic N) is 4. The normalized spacial score (nSPS) is 17.3. The Morgan fingerprint density at radius 2 is 1.78 bits per heavy atom. The number of hydrogen-bond acceptors (Lipinski definition) is 6. The average molecular weight is 310 g/mol. The van der Waals surface area contributed by atoms with Crippen LogP contribution in [0.4, 0.5) is 5.82 Å². The molecule has 0 unspecified atom stereocenters. The summed E-state index contributed by atoms with van der Waals surface area (Å²) in [5.74, 6) is 2.50. The lowest BCUT2D eigenvalue weighted by atomic mass is 10.1. The monoisotopic (exact) mass is 310 g/mol. The molecule has 2 aliphatic rings. The van der Waals surface area contributed by atoms with Gasteiger partial charge in [-0.25, -0.2) is 4.98 Å². The van der Waals surface area contributed by atoms with Crippen LogP contribution in [0.1, 0.15) is 5.56 Å². The molecule has 2 aliphatic heterocycles. The molecule has 1 fully saturated rings. The molecule has 6 heteroatoms. The van der Waals surface area contributed by atoms with E-state index in [1.54, 1.807) is 24.9 Å². The Balaban J connectivity index is 1.36. The van der Waals surface area contributed by atoms with Gasteiger partial charge in [0.25, 0.3) is 0 Å². The molecular weight excluding hydrogens is 292 g/mol. The first-order chi connectivity index (χ1) is 11.4. The van der Waals surface area contributed by atoms with Crippen molar-refractivity contribution in [2.75, 3.05) is 31.1 Å². The minimum atomic E-state index is 0.767. The lowest BCUT2D eigenvalue weighted by molar-refractivity contribution is 0.248. The topological polar surface area (TPSA) is 50.7 Å². The van der Waals surface area contributed by atoms with E-state index in [9.17, 15) is 0 Å². The summed E-state index contributed by atoms with van der Waals surface area (Å²) >= 11 is 0. The van der Waals surface area contributed by atoms with Crippen LogP contribution in [0.25, 0.3) is 0 Å². The molecule has 0 atom stereocenters. The third-order valence-electron chi connectivity index (χ3n) is 4.11. The molecule has 0 N–H and O–H groups in total. The zero-order chi connectivity index (χ0) is 15.5. The molecule has 4 rings (SSSR count). The van der Waals surface area contributed by atoms with E-state index >= 15 is 0 Å². The third kappa shape index (κ3) is 3.12. The Morgan fingerprint density at radius 1 is 0.957 bits per heavy atom. The summed E-state index contributed by atoms with van der Waals surface area (Å²) in [6, 6.07) is 6.11. The van der Waals surface area contributed by atoms with Gasteiger partial charge in [0.15, 0.2) is 11.5 Å². The van der Waals surface area contributed by atoms with Crippen molar-refractivity contribution >= 4 is 5.82 Å². The molecule has 3 heterocycles. The van der Waals surface area contributed by atoms with Gasteiger partial charge in [-0.1, -0.05) is 6.07 Å². The van der Waals surface area contributed by atoms with Gasteiger partial charge < -0.3 is 14.4 Å². The van der Waals surface area contributed by atoms with Crippen LogP contribution in [0.5, 0.6) is 11.5 Å². The molecule has 0 bridgehead atoms. The number of rotatable bonds is 3. The fraction of sp³-hybridized carbons (Fsp3) is 0.294. The fourth-order valence-electron chi connectivity index (χ4n) is 2.89. The molecule has 0 radical (unpaired) electrons. The van der Waals surface area contributed by atoms with Crippen LogP contribution in [0.2, 0.25) is 0 Å². The fourth-order valence-corrected chi connectivity index (χ4v) is 2.89. The van der Waals surface area contributed by atoms with Crippen LogP contribution in [0.15, 0.2) is 49.3 Å². The first kappa shape index (κ1) is 14.0. The lowest BCUT2D eigenvalue weighted by Crippen LogP contribution is -2.46. The van der Waals surface area contributed by atoms with Crippen LogP contribution in [0.3, 0.4) is 0 Å². The van der Waals surface area contributed by atoms with E-state index in [-0.39, 0.29) is 0 Å². The third-order valence-corrected chi connectivity index (χ3v) is 4.11. The number of hydrogen-bond donors (Lipinski definition) is 0. The second-order valence-electron chi connectivity index (χ2n) is 5.62. The Labute approximate surface area is 135 Å². The summed E-state index contributed by atoms with van der Waals surface area (Å²) in [5, 5.41) is 0. The standard InChI is InChI=1S/C17H18N4O2/c1-2-15-16(23-10-9-22-15)11-14(1)13-20-5-7-21(8-6-20)17-12-18-3-4-19-17/h1-4,9-12H,5-8,13H2. The number of anilines is 1. The molecule has 6 nitrogen and oxygen atoms in total. The van der Waals surface area contributed by atoms with Gasteiger partial charge in [-0.05, 0) is 17.7 Å². The van der Waals surface area contributed by atoms with Crippen LogP contribution in [0, 0.1) is 0 Å². The highest BCUT2D eigenvalue weighted by Crippen LogP contribution is 2.31. The van der Waals surface area contributed by atoms with Crippen molar-refractivity contribution in [3.05, 3.63) is 54.9 Å². The summed E-state index contributed by atoms with van der Waals surface area (Å²) in [6.07, 6.45) is 8.38. The van der Waals surface area contributed by atoms with Gasteiger partial charge in [0.2, 0.25) is 0 Å². The summed E-state index contributed by atoms with van der Waals surface area (Å²) < 4.78 is 10.9. The highest BCUT2D eigenvalue weighted by Gasteiger charge is 2.19. The van der Waals surface area contributed by atoms with Gasteiger partial charge in [-0.3, -0.25) is 9.88 Å². The second-order valence-corrected chi connectivity index (χ2v) is 5.62. The molecular formula is C17H18N4O2. The molecule has 23 heavy (non-hydrogen) atoms. The number of benzene rings is 1. The maximum absolute atomic E-state index is 5.48. The number of fused-ring (bicyclic) bond motifs is 1. The zero-order valence-electron chi connectivity index (χ0n) is 12.8. The van der Waals surface area contributed by atoms with E-state index in [1.807, 2.05) is 18.3 Å². The first-order valence-corrected chi connectivity index (χ1v) is 7.73. The molecule has 1 saturated heterocycles. The number of piperazine rings is 1. The van der Waals surface area contributed by atoms with Crippen molar-refractivity contribution < 1.29 is 9.47 Å². The lowest BCUT2D eigenvalue weighted by Gasteiger charge is -2.35. The first-order valence-electron chi connectivity index (χ1n) is 7.73. The van der Waals surface area contributed by atoms with Crippen molar-refractivity contribution in [3.8, 4) is 11.5 Å². The van der Waals surface area contributed by atoms with Crippen molar-refractivity contribution in [3.63, 3.8) is 0 Å². The maximum atomic E-state index is 5.48. The van der Waals surface area contributed by atoms with Crippen molar-refractivity contribution in [2.45, 2.75) is 6.54 Å². The predicted molar refractivity (Wildman–Crippen MR) is 86.4 cm³/mol. The second kappa shape index (κ2) is 6.26. The van der Waals surface area contributed by atoms with Crippen LogP contribution < -0.4 is 14.4 Å². The van der Waals surface area contributed by atoms with Crippen molar-refractivity contribution in [1.29, 1.82) is 0 Å². The molecule has 0 amide bonds. The number of aromatic nitrogens is 2. The summed E-state index contributed by atoms with van der Waals surface area (Å²) in [6.45, 7) is 4.85. The molecule has 118 valence electrons. The van der Waals surface area contributed by atoms with Gasteiger partial charge in [-0.15, -0.1) is 0 Å². The predicted octanol–water partition coefficient (Wildman–Crippen LogP) is 2.04. The van der Waals surface area contributed by atoms with Gasteiger partial charge in [-0.2, -0.15) is 0 Å². The van der Waals surface area contributed by atoms with Crippen molar-refractivity contribution in [1.82, 2.24) is 14.9 Å². The van der Waals surface area contributed by atoms with Crippen LogP contribution >= 0.6 is 0 Å². The van der Waals surface area contributed by atoms with E-state index in [0.717, 1.165) is 50.0 Å². The van der Waals surface area contributed by atoms with Gasteiger partial charge in [0.1, 0.15) is 18.3 Å². The van der Waals surface area contributed by atoms with E-state index in [2.05, 4.69) is 25.8 Å². The van der Waals surface area contributed by atoms with E-state index in [4.69, 9.17) is 9.47 Å². The molecule has 0 spiro atoms. The van der Waals surface area contributed by atoms with E-state index in [1.165, 1.54) is 5.56 Å². The Morgan fingerprint density at radius 3 is 2.57 bits per heavy atom. The summed E-state index contributed by atoms with van der Waals surface area (Å²) in [7, 11) is 0. The minimum absolute atomic E-state index is 0.767. The molecule has 1 aromatic carbocycles. The van der Waals surface area contributed by atoms with E-state index in [0.29, 0.717) is 0 Å². The average Bonchev–Trinajstić information content (AvgIpc) is 2.63. The van der Waals surface area contributed by atoms with Crippen LogP contribution in [-0.2, 0) is 6.54 Å². The molecule has 1 aromatic heterocycles. The SMILES string of the molecule is C1=COc2cc(CN3CCN(c4cnccn4)CC3)ccc2O1. The number of ether oxygens (including phenoxy) is 2. The highest BCUT2D eigenvalue weighted by molar-refractivity contribution is 5.45. The Bertz CT molecular complexity index is 697. The maximum Gasteiger partial charge on any atom is 0.169 e. The largest absolute Gasteiger partial charge is 0.458 e. The van der Waals surface area contributed by atoms with Crippen LogP contribution in [-0.4, -0.2) is 41.0 Å². The van der Waals surface area contributed by atoms with Crippen molar-refractivity contribution in [2.24, 2.45) is 0 Å². The van der Waals surface area contributed by atoms with E-state index < -0.39 is 0 Å². The smallest absolute Gasteiger partial charge is 0.169 e. The quantitative estimate of drug-likeness (QED) is 0.865. The Kier molecular flexibility index (Phi) is 3.81. The summed E-state index contributed by atoms with van der Waals surface area (Å²) in [5.41, 5.74) is 1.23. The minimum Gasteiger partial charge on any atom is -0.458 e. The zero-order valence-corrected chi connectivity index (χ0v) is 12.8. The van der Waals surface area contributed by atoms with Gasteiger partial charge >= 0.3 is 0 Å². The Hall–Kier alpha value is -2.60.